The van der Waals surface area contributed by atoms with E-state index in [1.807, 2.05) is 32.9 Å². The molecule has 0 radical (unpaired) electrons. The van der Waals surface area contributed by atoms with Gasteiger partial charge in [0.2, 0.25) is 10.0 Å². The Bertz CT molecular complexity index is 1070. The minimum atomic E-state index is -3.98. The molecule has 2 aromatic rings. The van der Waals surface area contributed by atoms with Crippen molar-refractivity contribution in [1.29, 1.82) is 0 Å². The zero-order valence-corrected chi connectivity index (χ0v) is 19.9. The Kier molecular flexibility index (Phi) is 7.44. The van der Waals surface area contributed by atoms with Crippen molar-refractivity contribution < 1.29 is 26.7 Å². The topological polar surface area (TPSA) is 94.2 Å². The predicted molar refractivity (Wildman–Crippen MR) is 120 cm³/mol. The van der Waals surface area contributed by atoms with E-state index in [0.29, 0.717) is 24.4 Å². The van der Waals surface area contributed by atoms with E-state index >= 15 is 0 Å². The SMILES string of the molecule is CCc1cc(S(=O)(=O)NC2CC2)ccc1N(CC)OP(=O)(OC)Oc1ccccc1C. The first-order chi connectivity index (χ1) is 14.7. The molecule has 0 aromatic heterocycles. The van der Waals surface area contributed by atoms with Gasteiger partial charge >= 0.3 is 7.82 Å². The van der Waals surface area contributed by atoms with Crippen LogP contribution in [0.3, 0.4) is 0 Å². The van der Waals surface area contributed by atoms with E-state index in [9.17, 15) is 13.0 Å². The third kappa shape index (κ3) is 5.87. The number of hydroxylamine groups is 1. The molecule has 0 aliphatic heterocycles. The van der Waals surface area contributed by atoms with Crippen LogP contribution < -0.4 is 14.3 Å². The second-order valence-corrected chi connectivity index (χ2v) is 10.6. The first-order valence-corrected chi connectivity index (χ1v) is 13.2. The van der Waals surface area contributed by atoms with Gasteiger partial charge in [-0.15, -0.1) is 0 Å². The minimum absolute atomic E-state index is 0.0244. The van der Waals surface area contributed by atoms with Crippen LogP contribution in [0, 0.1) is 6.92 Å². The van der Waals surface area contributed by atoms with Crippen molar-refractivity contribution in [3.8, 4) is 5.75 Å². The Morgan fingerprint density at radius 1 is 1.16 bits per heavy atom. The summed E-state index contributed by atoms with van der Waals surface area (Å²) < 4.78 is 57.4. The molecule has 1 saturated carbocycles. The van der Waals surface area contributed by atoms with Gasteiger partial charge in [-0.2, -0.15) is 4.62 Å². The van der Waals surface area contributed by atoms with Crippen molar-refractivity contribution in [3.05, 3.63) is 53.6 Å². The summed E-state index contributed by atoms with van der Waals surface area (Å²) in [7, 11) is -6.30. The molecule has 0 bridgehead atoms. The lowest BCUT2D eigenvalue weighted by Crippen LogP contribution is -2.27. The Morgan fingerprint density at radius 2 is 1.87 bits per heavy atom. The van der Waals surface area contributed by atoms with E-state index in [2.05, 4.69) is 4.72 Å². The molecule has 1 aliphatic rings. The quantitative estimate of drug-likeness (QED) is 0.381. The molecule has 2 aromatic carbocycles. The van der Waals surface area contributed by atoms with Crippen molar-refractivity contribution in [3.63, 3.8) is 0 Å². The number of aryl methyl sites for hydroxylation is 2. The molecule has 0 heterocycles. The van der Waals surface area contributed by atoms with E-state index < -0.39 is 17.8 Å². The molecule has 1 N–H and O–H groups in total. The third-order valence-corrected chi connectivity index (χ3v) is 7.71. The van der Waals surface area contributed by atoms with Gasteiger partial charge in [0.05, 0.1) is 10.6 Å². The lowest BCUT2D eigenvalue weighted by Gasteiger charge is -2.28. The van der Waals surface area contributed by atoms with Crippen LogP contribution in [-0.4, -0.2) is 28.1 Å². The normalized spacial score (nSPS) is 16.0. The number of para-hydroxylation sites is 1. The molecule has 31 heavy (non-hydrogen) atoms. The van der Waals surface area contributed by atoms with E-state index in [1.165, 1.54) is 18.2 Å². The number of hydrogen-bond acceptors (Lipinski definition) is 7. The number of sulfonamides is 1. The van der Waals surface area contributed by atoms with Gasteiger partial charge in [0.1, 0.15) is 5.75 Å². The van der Waals surface area contributed by atoms with Gasteiger partial charge in [-0.3, -0.25) is 4.52 Å². The second-order valence-electron chi connectivity index (χ2n) is 7.30. The summed E-state index contributed by atoms with van der Waals surface area (Å²) >= 11 is 0. The Balaban J connectivity index is 1.86. The van der Waals surface area contributed by atoms with Gasteiger partial charge in [-0.1, -0.05) is 25.1 Å². The lowest BCUT2D eigenvalue weighted by atomic mass is 10.1. The number of phosphoric acid groups is 1. The van der Waals surface area contributed by atoms with Gasteiger partial charge in [-0.25, -0.2) is 22.8 Å². The molecular formula is C21H29N2O6PS. The van der Waals surface area contributed by atoms with E-state index in [-0.39, 0.29) is 10.9 Å². The van der Waals surface area contributed by atoms with Crippen LogP contribution in [0.15, 0.2) is 47.4 Å². The van der Waals surface area contributed by atoms with Gasteiger partial charge in [-0.05, 0) is 68.5 Å². The summed E-state index contributed by atoms with van der Waals surface area (Å²) in [6.07, 6.45) is 2.28. The fraction of sp³-hybridized carbons (Fsp3) is 0.429. The number of rotatable bonds is 11. The fourth-order valence-corrected chi connectivity index (χ4v) is 5.42. The van der Waals surface area contributed by atoms with E-state index in [4.69, 9.17) is 13.7 Å². The first-order valence-electron chi connectivity index (χ1n) is 10.2. The van der Waals surface area contributed by atoms with E-state index in [0.717, 1.165) is 24.0 Å². The smallest absolute Gasteiger partial charge is 0.403 e. The van der Waals surface area contributed by atoms with Crippen LogP contribution in [0.2, 0.25) is 0 Å². The van der Waals surface area contributed by atoms with E-state index in [1.54, 1.807) is 24.3 Å². The Morgan fingerprint density at radius 3 is 2.45 bits per heavy atom. The number of anilines is 1. The molecule has 0 spiro atoms. The Hall–Kier alpha value is -1.90. The highest BCUT2D eigenvalue weighted by atomic mass is 32.2. The zero-order chi connectivity index (χ0) is 22.6. The molecule has 1 aliphatic carbocycles. The summed E-state index contributed by atoms with van der Waals surface area (Å²) in [5.41, 5.74) is 2.12. The highest BCUT2D eigenvalue weighted by Gasteiger charge is 2.33. The summed E-state index contributed by atoms with van der Waals surface area (Å²) in [6, 6.07) is 11.9. The maximum atomic E-state index is 13.2. The average molecular weight is 469 g/mol. The van der Waals surface area contributed by atoms with Gasteiger partial charge in [0.15, 0.2) is 0 Å². The number of nitrogens with one attached hydrogen (secondary N) is 1. The molecule has 10 heteroatoms. The monoisotopic (exact) mass is 468 g/mol. The van der Waals surface area contributed by atoms with Crippen LogP contribution in [-0.2, 0) is 30.2 Å². The largest absolute Gasteiger partial charge is 0.551 e. The molecule has 170 valence electrons. The maximum absolute atomic E-state index is 13.2. The molecule has 1 fully saturated rings. The summed E-state index contributed by atoms with van der Waals surface area (Å²) in [5, 5.41) is 1.41. The van der Waals surface area contributed by atoms with Gasteiger partial charge in [0, 0.05) is 19.7 Å². The highest BCUT2D eigenvalue weighted by Crippen LogP contribution is 2.51. The summed E-state index contributed by atoms with van der Waals surface area (Å²) in [5.74, 6) is 0.395. The molecule has 8 nitrogen and oxygen atoms in total. The Labute approximate surface area is 184 Å². The maximum Gasteiger partial charge on any atom is 0.551 e. The van der Waals surface area contributed by atoms with Crippen molar-refractivity contribution in [2.45, 2.75) is 51.0 Å². The standard InChI is InChI=1S/C21H29N2O6PS/c1-5-17-15-19(31(25,26)22-18-11-12-18)13-14-20(17)23(6-2)29-30(24,27-4)28-21-10-8-7-9-16(21)3/h7-10,13-15,18,22H,5-6,11-12H2,1-4H3. The van der Waals surface area contributed by atoms with Crippen molar-refractivity contribution in [2.75, 3.05) is 18.7 Å². The molecule has 1 atom stereocenters. The molecular weight excluding hydrogens is 439 g/mol. The number of benzene rings is 2. The molecule has 0 amide bonds. The summed E-state index contributed by atoms with van der Waals surface area (Å²) in [4.78, 5) is 0.196. The molecule has 1 unspecified atom stereocenters. The van der Waals surface area contributed by atoms with Crippen LogP contribution >= 0.6 is 7.82 Å². The molecule has 0 saturated heterocycles. The highest BCUT2D eigenvalue weighted by molar-refractivity contribution is 7.89. The van der Waals surface area contributed by atoms with Crippen LogP contribution in [0.25, 0.3) is 0 Å². The van der Waals surface area contributed by atoms with Crippen molar-refractivity contribution >= 4 is 23.5 Å². The van der Waals surface area contributed by atoms with Crippen molar-refractivity contribution in [1.82, 2.24) is 4.72 Å². The van der Waals surface area contributed by atoms with Gasteiger partial charge < -0.3 is 4.52 Å². The van der Waals surface area contributed by atoms with Gasteiger partial charge in [0.25, 0.3) is 0 Å². The average Bonchev–Trinajstić information content (AvgIpc) is 3.56. The third-order valence-electron chi connectivity index (χ3n) is 4.92. The fourth-order valence-electron chi connectivity index (χ4n) is 3.00. The summed E-state index contributed by atoms with van der Waals surface area (Å²) in [6.45, 7) is 5.91. The number of hydrogen-bond donors (Lipinski definition) is 1. The number of nitrogens with zero attached hydrogens (tertiary/aromatic N) is 1. The van der Waals surface area contributed by atoms with Crippen molar-refractivity contribution in [2.24, 2.45) is 0 Å². The first kappa shape index (κ1) is 23.8. The predicted octanol–water partition coefficient (Wildman–Crippen LogP) is 4.59. The zero-order valence-electron chi connectivity index (χ0n) is 18.2. The second kappa shape index (κ2) is 9.71. The van der Waals surface area contributed by atoms with Crippen LogP contribution in [0.5, 0.6) is 5.75 Å². The number of phosphoric ester groups is 1. The van der Waals surface area contributed by atoms with Crippen LogP contribution in [0.1, 0.15) is 37.8 Å². The minimum Gasteiger partial charge on any atom is -0.403 e. The van der Waals surface area contributed by atoms with Crippen LogP contribution in [0.4, 0.5) is 5.69 Å². The molecule has 3 rings (SSSR count). The lowest BCUT2D eigenvalue weighted by molar-refractivity contribution is 0.165.